The van der Waals surface area contributed by atoms with Crippen molar-refractivity contribution in [2.45, 2.75) is 6.61 Å². The van der Waals surface area contributed by atoms with Crippen molar-refractivity contribution in [3.8, 4) is 0 Å². The van der Waals surface area contributed by atoms with Crippen molar-refractivity contribution < 1.29 is 9.66 Å². The smallest absolute Gasteiger partial charge is 0.269 e. The minimum absolute atomic E-state index is 0.0951. The van der Waals surface area contributed by atoms with Crippen LogP contribution in [0.1, 0.15) is 11.1 Å². The molecule has 102 valence electrons. The van der Waals surface area contributed by atoms with Crippen LogP contribution >= 0.6 is 0 Å². The Morgan fingerprint density at radius 3 is 2.40 bits per heavy atom. The van der Waals surface area contributed by atoms with Crippen molar-refractivity contribution in [2.75, 3.05) is 6.61 Å². The molecule has 2 aromatic rings. The van der Waals surface area contributed by atoms with Crippen LogP contribution in [0.3, 0.4) is 0 Å². The van der Waals surface area contributed by atoms with E-state index in [1.807, 2.05) is 42.5 Å². The van der Waals surface area contributed by atoms with E-state index in [4.69, 9.17) is 4.74 Å². The van der Waals surface area contributed by atoms with Gasteiger partial charge in [0.2, 0.25) is 0 Å². The number of non-ortho nitro benzene ring substituents is 1. The topological polar surface area (TPSA) is 52.4 Å². The molecule has 2 aromatic carbocycles. The molecule has 0 radical (unpaired) electrons. The van der Waals surface area contributed by atoms with Crippen LogP contribution in [0, 0.1) is 10.1 Å². The van der Waals surface area contributed by atoms with Gasteiger partial charge in [-0.05, 0) is 23.3 Å². The lowest BCUT2D eigenvalue weighted by atomic mass is 10.2. The molecular weight excluding hydrogens is 254 g/mol. The van der Waals surface area contributed by atoms with Gasteiger partial charge in [-0.1, -0.05) is 42.5 Å². The van der Waals surface area contributed by atoms with E-state index in [0.29, 0.717) is 13.2 Å². The molecule has 0 aromatic heterocycles. The monoisotopic (exact) mass is 269 g/mol. The molecule has 0 fully saturated rings. The molecule has 0 saturated heterocycles. The summed E-state index contributed by atoms with van der Waals surface area (Å²) in [5.41, 5.74) is 2.15. The SMILES string of the molecule is O=[N+]([O-])c1ccc(COC/C=C/c2ccccc2)cc1. The number of rotatable bonds is 6. The molecule has 0 heterocycles. The maximum absolute atomic E-state index is 10.5. The predicted molar refractivity (Wildman–Crippen MR) is 78.2 cm³/mol. The second-order valence-electron chi connectivity index (χ2n) is 4.25. The maximum atomic E-state index is 10.5. The number of nitro benzene ring substituents is 1. The second-order valence-corrected chi connectivity index (χ2v) is 4.25. The van der Waals surface area contributed by atoms with Crippen LogP contribution in [0.2, 0.25) is 0 Å². The number of nitro groups is 1. The molecule has 0 bridgehead atoms. The zero-order valence-corrected chi connectivity index (χ0v) is 10.9. The Labute approximate surface area is 117 Å². The molecule has 0 saturated carbocycles. The third kappa shape index (κ3) is 4.33. The zero-order chi connectivity index (χ0) is 14.2. The highest BCUT2D eigenvalue weighted by Crippen LogP contribution is 2.12. The van der Waals surface area contributed by atoms with Gasteiger partial charge in [-0.3, -0.25) is 10.1 Å². The Morgan fingerprint density at radius 1 is 1.05 bits per heavy atom. The maximum Gasteiger partial charge on any atom is 0.269 e. The van der Waals surface area contributed by atoms with Gasteiger partial charge in [0.15, 0.2) is 0 Å². The summed E-state index contributed by atoms with van der Waals surface area (Å²) >= 11 is 0. The lowest BCUT2D eigenvalue weighted by Gasteiger charge is -2.01. The standard InChI is InChI=1S/C16H15NO3/c18-17(19)16-10-8-15(9-11-16)13-20-12-4-7-14-5-2-1-3-6-14/h1-11H,12-13H2/b7-4+. The van der Waals surface area contributed by atoms with E-state index < -0.39 is 4.92 Å². The molecule has 0 amide bonds. The molecule has 0 aliphatic heterocycles. The molecule has 0 N–H and O–H groups in total. The van der Waals surface area contributed by atoms with E-state index in [1.54, 1.807) is 12.1 Å². The summed E-state index contributed by atoms with van der Waals surface area (Å²) in [6.07, 6.45) is 3.94. The van der Waals surface area contributed by atoms with Gasteiger partial charge >= 0.3 is 0 Å². The molecule has 4 nitrogen and oxygen atoms in total. The normalized spacial score (nSPS) is 10.8. The highest BCUT2D eigenvalue weighted by molar-refractivity contribution is 5.48. The molecule has 0 aliphatic carbocycles. The Bertz CT molecular complexity index is 576. The summed E-state index contributed by atoms with van der Waals surface area (Å²) in [5.74, 6) is 0. The first-order chi connectivity index (χ1) is 9.75. The van der Waals surface area contributed by atoms with Gasteiger partial charge in [0.05, 0.1) is 18.1 Å². The first-order valence-electron chi connectivity index (χ1n) is 6.28. The average molecular weight is 269 g/mol. The van der Waals surface area contributed by atoms with E-state index in [-0.39, 0.29) is 5.69 Å². The van der Waals surface area contributed by atoms with Crippen LogP contribution in [-0.2, 0) is 11.3 Å². The third-order valence-corrected chi connectivity index (χ3v) is 2.74. The summed E-state index contributed by atoms with van der Waals surface area (Å²) in [4.78, 5) is 10.1. The molecule has 4 heteroatoms. The van der Waals surface area contributed by atoms with Crippen molar-refractivity contribution in [1.29, 1.82) is 0 Å². The lowest BCUT2D eigenvalue weighted by molar-refractivity contribution is -0.384. The van der Waals surface area contributed by atoms with Gasteiger partial charge in [0.25, 0.3) is 5.69 Å². The fraction of sp³-hybridized carbons (Fsp3) is 0.125. The number of hydrogen-bond acceptors (Lipinski definition) is 3. The Balaban J connectivity index is 1.76. The minimum Gasteiger partial charge on any atom is -0.373 e. The minimum atomic E-state index is -0.409. The second kappa shape index (κ2) is 7.21. The molecule has 0 atom stereocenters. The predicted octanol–water partition coefficient (Wildman–Crippen LogP) is 3.82. The average Bonchev–Trinajstić information content (AvgIpc) is 2.48. The number of nitrogens with zero attached hydrogens (tertiary/aromatic N) is 1. The third-order valence-electron chi connectivity index (χ3n) is 2.74. The van der Waals surface area contributed by atoms with Gasteiger partial charge in [0, 0.05) is 12.1 Å². The van der Waals surface area contributed by atoms with Gasteiger partial charge in [-0.25, -0.2) is 0 Å². The summed E-state index contributed by atoms with van der Waals surface area (Å²) in [6, 6.07) is 16.4. The van der Waals surface area contributed by atoms with Crippen LogP contribution in [-0.4, -0.2) is 11.5 Å². The molecular formula is C16H15NO3. The lowest BCUT2D eigenvalue weighted by Crippen LogP contribution is -1.93. The highest BCUT2D eigenvalue weighted by Gasteiger charge is 2.03. The van der Waals surface area contributed by atoms with Gasteiger partial charge in [0.1, 0.15) is 0 Å². The van der Waals surface area contributed by atoms with Crippen molar-refractivity contribution in [3.05, 3.63) is 81.9 Å². The van der Waals surface area contributed by atoms with Crippen molar-refractivity contribution >= 4 is 11.8 Å². The van der Waals surface area contributed by atoms with E-state index in [1.165, 1.54) is 12.1 Å². The van der Waals surface area contributed by atoms with Crippen LogP contribution < -0.4 is 0 Å². The van der Waals surface area contributed by atoms with Crippen molar-refractivity contribution in [1.82, 2.24) is 0 Å². The molecule has 0 aliphatic rings. The molecule has 20 heavy (non-hydrogen) atoms. The number of hydrogen-bond donors (Lipinski definition) is 0. The fourth-order valence-corrected chi connectivity index (χ4v) is 1.71. The first-order valence-corrected chi connectivity index (χ1v) is 6.28. The van der Waals surface area contributed by atoms with Gasteiger partial charge in [-0.2, -0.15) is 0 Å². The molecule has 2 rings (SSSR count). The molecule has 0 spiro atoms. The highest BCUT2D eigenvalue weighted by atomic mass is 16.6. The largest absolute Gasteiger partial charge is 0.373 e. The Morgan fingerprint density at radius 2 is 1.75 bits per heavy atom. The summed E-state index contributed by atoms with van der Waals surface area (Å²) in [5, 5.41) is 10.5. The Hall–Kier alpha value is -2.46. The van der Waals surface area contributed by atoms with Crippen molar-refractivity contribution in [2.24, 2.45) is 0 Å². The summed E-state index contributed by atoms with van der Waals surface area (Å²) in [7, 11) is 0. The zero-order valence-electron chi connectivity index (χ0n) is 10.9. The van der Waals surface area contributed by atoms with E-state index in [9.17, 15) is 10.1 Å². The quantitative estimate of drug-likeness (QED) is 0.455. The van der Waals surface area contributed by atoms with Gasteiger partial charge in [-0.15, -0.1) is 0 Å². The molecule has 0 unspecified atom stereocenters. The van der Waals surface area contributed by atoms with Crippen LogP contribution in [0.15, 0.2) is 60.7 Å². The fourth-order valence-electron chi connectivity index (χ4n) is 1.71. The summed E-state index contributed by atoms with van der Waals surface area (Å²) < 4.78 is 5.49. The van der Waals surface area contributed by atoms with Crippen molar-refractivity contribution in [3.63, 3.8) is 0 Å². The first kappa shape index (κ1) is 14.0. The van der Waals surface area contributed by atoms with Crippen LogP contribution in [0.25, 0.3) is 6.08 Å². The van der Waals surface area contributed by atoms with E-state index >= 15 is 0 Å². The summed E-state index contributed by atoms with van der Waals surface area (Å²) in [6.45, 7) is 0.947. The van der Waals surface area contributed by atoms with Gasteiger partial charge < -0.3 is 4.74 Å². The van der Waals surface area contributed by atoms with E-state index in [0.717, 1.165) is 11.1 Å². The van der Waals surface area contributed by atoms with E-state index in [2.05, 4.69) is 0 Å². The number of benzene rings is 2. The number of ether oxygens (including phenoxy) is 1. The van der Waals surface area contributed by atoms with Crippen LogP contribution in [0.5, 0.6) is 0 Å². The Kier molecular flexibility index (Phi) is 5.03. The van der Waals surface area contributed by atoms with Crippen LogP contribution in [0.4, 0.5) is 5.69 Å².